The van der Waals surface area contributed by atoms with E-state index in [0.29, 0.717) is 0 Å². The molecule has 0 aromatic rings. The summed E-state index contributed by atoms with van der Waals surface area (Å²) < 4.78 is 6.74. The third kappa shape index (κ3) is 2.26. The molecule has 0 bridgehead atoms. The number of ether oxygens (including phenoxy) is 1. The molecule has 1 heterocycles. The second-order valence-corrected chi connectivity index (χ2v) is 7.13. The maximum Gasteiger partial charge on any atom is 0.0819 e. The Bertz CT molecular complexity index is 273. The second kappa shape index (κ2) is 4.24. The normalized spacial score (nSPS) is 45.5. The molecule has 98 valence electrons. The van der Waals surface area contributed by atoms with Crippen molar-refractivity contribution in [3.05, 3.63) is 0 Å². The van der Waals surface area contributed by atoms with Gasteiger partial charge in [-0.3, -0.25) is 0 Å². The average Bonchev–Trinajstić information content (AvgIpc) is 2.63. The lowest BCUT2D eigenvalue weighted by molar-refractivity contribution is -0.199. The van der Waals surface area contributed by atoms with Crippen molar-refractivity contribution in [2.75, 3.05) is 13.1 Å². The van der Waals surface area contributed by atoms with Crippen molar-refractivity contribution >= 4 is 0 Å². The Kier molecular flexibility index (Phi) is 2.99. The van der Waals surface area contributed by atoms with Crippen LogP contribution in [0.2, 0.25) is 0 Å². The zero-order valence-corrected chi connectivity index (χ0v) is 11.4. The highest BCUT2D eigenvalue weighted by molar-refractivity contribution is 5.01. The van der Waals surface area contributed by atoms with Gasteiger partial charge in [0.1, 0.15) is 0 Å². The molecule has 3 aliphatic rings. The van der Waals surface area contributed by atoms with E-state index in [1.807, 2.05) is 0 Å². The van der Waals surface area contributed by atoms with Crippen molar-refractivity contribution in [2.45, 2.75) is 70.0 Å². The van der Waals surface area contributed by atoms with Gasteiger partial charge in [0.15, 0.2) is 0 Å². The Morgan fingerprint density at radius 3 is 2.18 bits per heavy atom. The molecule has 0 amide bonds. The first-order chi connectivity index (χ1) is 8.12. The van der Waals surface area contributed by atoms with Crippen LogP contribution in [0.25, 0.3) is 0 Å². The highest BCUT2D eigenvalue weighted by Gasteiger charge is 2.49. The minimum Gasteiger partial charge on any atom is -0.366 e. The number of morpholine rings is 1. The van der Waals surface area contributed by atoms with Gasteiger partial charge in [-0.2, -0.15) is 0 Å². The van der Waals surface area contributed by atoms with Crippen LogP contribution in [0.1, 0.15) is 58.8 Å². The third-order valence-electron chi connectivity index (χ3n) is 5.09. The first-order valence-corrected chi connectivity index (χ1v) is 7.52. The van der Waals surface area contributed by atoms with Gasteiger partial charge in [0.25, 0.3) is 0 Å². The molecule has 0 aromatic heterocycles. The Labute approximate surface area is 105 Å². The van der Waals surface area contributed by atoms with Gasteiger partial charge in [-0.05, 0) is 43.9 Å². The van der Waals surface area contributed by atoms with E-state index >= 15 is 0 Å². The fourth-order valence-corrected chi connectivity index (χ4v) is 4.78. The number of hydrogen-bond donors (Lipinski definition) is 1. The Morgan fingerprint density at radius 2 is 1.53 bits per heavy atom. The SMILES string of the molecule is CC1CC(C)CC2(CNCC3(CCCC3)O2)C1. The van der Waals surface area contributed by atoms with Crippen LogP contribution >= 0.6 is 0 Å². The molecule has 17 heavy (non-hydrogen) atoms. The average molecular weight is 237 g/mol. The zero-order chi connectivity index (χ0) is 11.9. The monoisotopic (exact) mass is 237 g/mol. The molecular formula is C15H27NO. The minimum absolute atomic E-state index is 0.166. The fourth-order valence-electron chi connectivity index (χ4n) is 4.78. The molecule has 2 saturated carbocycles. The van der Waals surface area contributed by atoms with Gasteiger partial charge < -0.3 is 10.1 Å². The zero-order valence-electron chi connectivity index (χ0n) is 11.4. The van der Waals surface area contributed by atoms with Crippen molar-refractivity contribution in [1.29, 1.82) is 0 Å². The molecular weight excluding hydrogens is 210 g/mol. The highest BCUT2D eigenvalue weighted by Crippen LogP contribution is 2.46. The van der Waals surface area contributed by atoms with E-state index in [0.717, 1.165) is 24.9 Å². The lowest BCUT2D eigenvalue weighted by atomic mass is 9.72. The summed E-state index contributed by atoms with van der Waals surface area (Å²) in [5.74, 6) is 1.66. The summed E-state index contributed by atoms with van der Waals surface area (Å²) >= 11 is 0. The Hall–Kier alpha value is -0.0800. The van der Waals surface area contributed by atoms with Gasteiger partial charge in [0, 0.05) is 13.1 Å². The van der Waals surface area contributed by atoms with E-state index in [-0.39, 0.29) is 11.2 Å². The van der Waals surface area contributed by atoms with Crippen LogP contribution in [-0.4, -0.2) is 24.3 Å². The van der Waals surface area contributed by atoms with Gasteiger partial charge in [0.05, 0.1) is 11.2 Å². The van der Waals surface area contributed by atoms with Crippen molar-refractivity contribution in [3.8, 4) is 0 Å². The van der Waals surface area contributed by atoms with Crippen molar-refractivity contribution in [1.82, 2.24) is 5.32 Å². The van der Waals surface area contributed by atoms with E-state index in [1.54, 1.807) is 0 Å². The molecule has 3 fully saturated rings. The molecule has 2 nitrogen and oxygen atoms in total. The molecule has 1 saturated heterocycles. The molecule has 0 radical (unpaired) electrons. The summed E-state index contributed by atoms with van der Waals surface area (Å²) in [5, 5.41) is 3.69. The number of hydrogen-bond acceptors (Lipinski definition) is 2. The number of rotatable bonds is 0. The van der Waals surface area contributed by atoms with Crippen LogP contribution in [-0.2, 0) is 4.74 Å². The van der Waals surface area contributed by atoms with Crippen LogP contribution in [0.3, 0.4) is 0 Å². The highest BCUT2D eigenvalue weighted by atomic mass is 16.5. The van der Waals surface area contributed by atoms with Crippen LogP contribution in [0.5, 0.6) is 0 Å². The topological polar surface area (TPSA) is 21.3 Å². The second-order valence-electron chi connectivity index (χ2n) is 7.13. The molecule has 2 spiro atoms. The van der Waals surface area contributed by atoms with E-state index in [1.165, 1.54) is 44.9 Å². The Balaban J connectivity index is 1.77. The predicted octanol–water partition coefficient (Wildman–Crippen LogP) is 3.11. The van der Waals surface area contributed by atoms with E-state index in [2.05, 4.69) is 19.2 Å². The molecule has 1 aliphatic heterocycles. The smallest absolute Gasteiger partial charge is 0.0819 e. The molecule has 2 atom stereocenters. The van der Waals surface area contributed by atoms with Crippen LogP contribution in [0.15, 0.2) is 0 Å². The lowest BCUT2D eigenvalue weighted by Crippen LogP contribution is -2.61. The minimum atomic E-state index is 0.166. The van der Waals surface area contributed by atoms with Gasteiger partial charge >= 0.3 is 0 Å². The van der Waals surface area contributed by atoms with Gasteiger partial charge in [-0.15, -0.1) is 0 Å². The molecule has 3 rings (SSSR count). The largest absolute Gasteiger partial charge is 0.366 e. The van der Waals surface area contributed by atoms with Crippen LogP contribution < -0.4 is 5.32 Å². The van der Waals surface area contributed by atoms with Crippen molar-refractivity contribution in [2.24, 2.45) is 11.8 Å². The fraction of sp³-hybridized carbons (Fsp3) is 1.00. The molecule has 2 unspecified atom stereocenters. The summed E-state index contributed by atoms with van der Waals surface area (Å²) in [7, 11) is 0. The van der Waals surface area contributed by atoms with Crippen molar-refractivity contribution < 1.29 is 4.74 Å². The summed E-state index contributed by atoms with van der Waals surface area (Å²) in [5.41, 5.74) is 0.370. The lowest BCUT2D eigenvalue weighted by Gasteiger charge is -2.51. The molecule has 2 aliphatic carbocycles. The maximum atomic E-state index is 6.74. The van der Waals surface area contributed by atoms with E-state index < -0.39 is 0 Å². The first kappa shape index (κ1) is 12.0. The van der Waals surface area contributed by atoms with Gasteiger partial charge in [0.2, 0.25) is 0 Å². The molecule has 2 heteroatoms. The van der Waals surface area contributed by atoms with Gasteiger partial charge in [-0.1, -0.05) is 26.7 Å². The Morgan fingerprint density at radius 1 is 0.941 bits per heavy atom. The number of nitrogens with one attached hydrogen (secondary N) is 1. The standard InChI is InChI=1S/C15H27NO/c1-12-7-13(2)9-15(8-12)11-16-10-14(17-15)5-3-4-6-14/h12-13,16H,3-11H2,1-2H3. The molecule has 0 aromatic carbocycles. The summed E-state index contributed by atoms with van der Waals surface area (Å²) in [6.45, 7) is 6.98. The first-order valence-electron chi connectivity index (χ1n) is 7.52. The van der Waals surface area contributed by atoms with Crippen LogP contribution in [0.4, 0.5) is 0 Å². The van der Waals surface area contributed by atoms with Gasteiger partial charge in [-0.25, -0.2) is 0 Å². The quantitative estimate of drug-likeness (QED) is 0.699. The maximum absolute atomic E-state index is 6.74. The van der Waals surface area contributed by atoms with E-state index in [9.17, 15) is 0 Å². The van der Waals surface area contributed by atoms with Crippen LogP contribution in [0, 0.1) is 11.8 Å². The summed E-state index contributed by atoms with van der Waals surface area (Å²) in [4.78, 5) is 0. The third-order valence-corrected chi connectivity index (χ3v) is 5.09. The summed E-state index contributed by atoms with van der Waals surface area (Å²) in [6.07, 6.45) is 9.22. The van der Waals surface area contributed by atoms with Crippen molar-refractivity contribution in [3.63, 3.8) is 0 Å². The summed E-state index contributed by atoms with van der Waals surface area (Å²) in [6, 6.07) is 0. The molecule has 1 N–H and O–H groups in total. The predicted molar refractivity (Wildman–Crippen MR) is 70.1 cm³/mol. The van der Waals surface area contributed by atoms with E-state index in [4.69, 9.17) is 4.74 Å².